The van der Waals surface area contributed by atoms with Gasteiger partial charge in [-0.2, -0.15) is 0 Å². The number of amides is 1. The van der Waals surface area contributed by atoms with Gasteiger partial charge in [0.15, 0.2) is 0 Å². The van der Waals surface area contributed by atoms with Gasteiger partial charge in [0.05, 0.1) is 24.9 Å². The van der Waals surface area contributed by atoms with Crippen molar-refractivity contribution in [1.82, 2.24) is 9.55 Å². The number of pyridine rings is 1. The van der Waals surface area contributed by atoms with E-state index >= 15 is 0 Å². The molecule has 1 amide bonds. The highest BCUT2D eigenvalue weighted by Crippen LogP contribution is 2.34. The minimum Gasteiger partial charge on any atom is -0.496 e. The third kappa shape index (κ3) is 3.08. The Bertz CT molecular complexity index is 959. The molecule has 0 spiro atoms. The monoisotopic (exact) mass is 349 g/mol. The zero-order valence-corrected chi connectivity index (χ0v) is 15.5. The number of nitrogens with zero attached hydrogens (tertiary/aromatic N) is 2. The van der Waals surface area contributed by atoms with E-state index in [2.05, 4.69) is 9.55 Å². The Morgan fingerprint density at radius 3 is 2.50 bits per heavy atom. The Balaban J connectivity index is 2.17. The second-order valence-corrected chi connectivity index (χ2v) is 6.38. The number of ether oxygens (including phenoxy) is 1. The van der Waals surface area contributed by atoms with Gasteiger partial charge < -0.3 is 15.0 Å². The summed E-state index contributed by atoms with van der Waals surface area (Å²) < 4.78 is 7.44. The van der Waals surface area contributed by atoms with E-state index in [1.165, 1.54) is 0 Å². The molecular formula is C21H23N3O2. The second-order valence-electron chi connectivity index (χ2n) is 6.38. The van der Waals surface area contributed by atoms with Gasteiger partial charge in [-0.3, -0.25) is 9.78 Å². The summed E-state index contributed by atoms with van der Waals surface area (Å²) >= 11 is 0. The first-order valence-corrected chi connectivity index (χ1v) is 8.48. The molecule has 2 aromatic heterocycles. The minimum atomic E-state index is -0.422. The van der Waals surface area contributed by atoms with Crippen molar-refractivity contribution in [2.24, 2.45) is 5.73 Å². The van der Waals surface area contributed by atoms with Gasteiger partial charge in [-0.25, -0.2) is 0 Å². The van der Waals surface area contributed by atoms with Crippen molar-refractivity contribution in [2.45, 2.75) is 27.3 Å². The quantitative estimate of drug-likeness (QED) is 0.764. The molecule has 0 saturated carbocycles. The first-order valence-electron chi connectivity index (χ1n) is 8.48. The first-order chi connectivity index (χ1) is 12.4. The zero-order valence-electron chi connectivity index (χ0n) is 15.5. The molecule has 3 aromatic rings. The fourth-order valence-electron chi connectivity index (χ4n) is 3.46. The number of aromatic nitrogens is 2. The Morgan fingerprint density at radius 2 is 1.92 bits per heavy atom. The van der Waals surface area contributed by atoms with Crippen LogP contribution in [0.25, 0.3) is 11.1 Å². The highest BCUT2D eigenvalue weighted by molar-refractivity contribution is 6.02. The molecule has 26 heavy (non-hydrogen) atoms. The Kier molecular flexibility index (Phi) is 4.80. The van der Waals surface area contributed by atoms with Gasteiger partial charge in [0.2, 0.25) is 0 Å². The van der Waals surface area contributed by atoms with Crippen molar-refractivity contribution in [1.29, 1.82) is 0 Å². The van der Waals surface area contributed by atoms with E-state index in [0.29, 0.717) is 12.1 Å². The van der Waals surface area contributed by atoms with Gasteiger partial charge in [-0.05, 0) is 56.2 Å². The van der Waals surface area contributed by atoms with Crippen molar-refractivity contribution in [3.63, 3.8) is 0 Å². The highest BCUT2D eigenvalue weighted by Gasteiger charge is 2.23. The van der Waals surface area contributed by atoms with Crippen LogP contribution in [0.2, 0.25) is 0 Å². The molecule has 0 aliphatic heterocycles. The summed E-state index contributed by atoms with van der Waals surface area (Å²) in [5.74, 6) is 0.394. The van der Waals surface area contributed by atoms with Gasteiger partial charge in [0.25, 0.3) is 5.91 Å². The molecule has 0 radical (unpaired) electrons. The van der Waals surface area contributed by atoms with Gasteiger partial charge in [-0.15, -0.1) is 0 Å². The number of nitrogens with two attached hydrogens (primary N) is 1. The van der Waals surface area contributed by atoms with Crippen LogP contribution in [0.15, 0.2) is 42.6 Å². The summed E-state index contributed by atoms with van der Waals surface area (Å²) in [7, 11) is 1.65. The Morgan fingerprint density at radius 1 is 1.15 bits per heavy atom. The standard InChI is InChI=1S/C21H23N3O2/c1-13-11-16(8-9-18(13)26-4)19-14(2)24(15(3)20(19)21(22)25)12-17-7-5-6-10-23-17/h5-11H,12H2,1-4H3,(H2,22,25). The van der Waals surface area contributed by atoms with E-state index in [4.69, 9.17) is 10.5 Å². The number of methoxy groups -OCH3 is 1. The van der Waals surface area contributed by atoms with E-state index in [1.807, 2.05) is 57.2 Å². The van der Waals surface area contributed by atoms with Gasteiger partial charge in [0, 0.05) is 23.1 Å². The number of hydrogen-bond donors (Lipinski definition) is 1. The second kappa shape index (κ2) is 7.04. The van der Waals surface area contributed by atoms with Crippen LogP contribution < -0.4 is 10.5 Å². The SMILES string of the molecule is COc1ccc(-c2c(C(N)=O)c(C)n(Cc3ccccn3)c2C)cc1C. The third-order valence-electron chi connectivity index (χ3n) is 4.76. The Labute approximate surface area is 153 Å². The smallest absolute Gasteiger partial charge is 0.251 e. The van der Waals surface area contributed by atoms with Crippen molar-refractivity contribution >= 4 is 5.91 Å². The summed E-state index contributed by atoms with van der Waals surface area (Å²) in [5.41, 5.74) is 11.9. The van der Waals surface area contributed by atoms with Crippen LogP contribution in [0, 0.1) is 20.8 Å². The van der Waals surface area contributed by atoms with Crippen LogP contribution in [-0.2, 0) is 6.54 Å². The van der Waals surface area contributed by atoms with E-state index in [9.17, 15) is 4.79 Å². The van der Waals surface area contributed by atoms with Crippen molar-refractivity contribution in [3.8, 4) is 16.9 Å². The lowest BCUT2D eigenvalue weighted by Crippen LogP contribution is -2.14. The normalized spacial score (nSPS) is 10.8. The molecule has 0 aliphatic carbocycles. The van der Waals surface area contributed by atoms with Gasteiger partial charge >= 0.3 is 0 Å². The fraction of sp³-hybridized carbons (Fsp3) is 0.238. The van der Waals surface area contributed by atoms with Crippen LogP contribution in [0.1, 0.15) is 33.0 Å². The summed E-state index contributed by atoms with van der Waals surface area (Å²) in [6, 6.07) is 11.7. The molecule has 0 bridgehead atoms. The number of aryl methyl sites for hydroxylation is 1. The molecule has 2 heterocycles. The van der Waals surface area contributed by atoms with Gasteiger partial charge in [-0.1, -0.05) is 12.1 Å². The number of carbonyl (C=O) groups is 1. The first kappa shape index (κ1) is 17.7. The fourth-order valence-corrected chi connectivity index (χ4v) is 3.46. The molecule has 0 saturated heterocycles. The van der Waals surface area contributed by atoms with Crippen LogP contribution in [0.3, 0.4) is 0 Å². The van der Waals surface area contributed by atoms with Crippen LogP contribution >= 0.6 is 0 Å². The number of primary amides is 1. The minimum absolute atomic E-state index is 0.422. The lowest BCUT2D eigenvalue weighted by Gasteiger charge is -2.10. The average molecular weight is 349 g/mol. The van der Waals surface area contributed by atoms with E-state index in [0.717, 1.165) is 39.5 Å². The molecule has 1 aromatic carbocycles. The summed E-state index contributed by atoms with van der Waals surface area (Å²) in [6.45, 7) is 6.51. The van der Waals surface area contributed by atoms with Crippen molar-refractivity contribution in [3.05, 3.63) is 70.8 Å². The number of hydrogen-bond acceptors (Lipinski definition) is 3. The maximum atomic E-state index is 12.2. The highest BCUT2D eigenvalue weighted by atomic mass is 16.5. The third-order valence-corrected chi connectivity index (χ3v) is 4.76. The zero-order chi connectivity index (χ0) is 18.8. The summed E-state index contributed by atoms with van der Waals surface area (Å²) in [5, 5.41) is 0. The largest absolute Gasteiger partial charge is 0.496 e. The van der Waals surface area contributed by atoms with E-state index in [1.54, 1.807) is 13.3 Å². The molecule has 0 fully saturated rings. The summed E-state index contributed by atoms with van der Waals surface area (Å²) in [4.78, 5) is 16.6. The molecule has 0 aliphatic rings. The van der Waals surface area contributed by atoms with E-state index in [-0.39, 0.29) is 0 Å². The van der Waals surface area contributed by atoms with Crippen LogP contribution in [0.5, 0.6) is 5.75 Å². The van der Waals surface area contributed by atoms with Crippen LogP contribution in [-0.4, -0.2) is 22.6 Å². The molecular weight excluding hydrogens is 326 g/mol. The van der Waals surface area contributed by atoms with Gasteiger partial charge in [0.1, 0.15) is 5.75 Å². The number of benzene rings is 1. The molecule has 2 N–H and O–H groups in total. The Hall–Kier alpha value is -3.08. The maximum Gasteiger partial charge on any atom is 0.251 e. The average Bonchev–Trinajstić information content (AvgIpc) is 2.87. The molecule has 0 unspecified atom stereocenters. The predicted octanol–water partition coefficient (Wildman–Crippen LogP) is 3.63. The maximum absolute atomic E-state index is 12.2. The number of rotatable bonds is 5. The molecule has 0 atom stereocenters. The lowest BCUT2D eigenvalue weighted by atomic mass is 9.98. The van der Waals surface area contributed by atoms with Crippen LogP contribution in [0.4, 0.5) is 0 Å². The summed E-state index contributed by atoms with van der Waals surface area (Å²) in [6.07, 6.45) is 1.77. The van der Waals surface area contributed by atoms with Crippen molar-refractivity contribution in [2.75, 3.05) is 7.11 Å². The predicted molar refractivity (Wildman–Crippen MR) is 102 cm³/mol. The van der Waals surface area contributed by atoms with E-state index < -0.39 is 5.91 Å². The molecule has 5 heteroatoms. The van der Waals surface area contributed by atoms with Crippen molar-refractivity contribution < 1.29 is 9.53 Å². The topological polar surface area (TPSA) is 70.1 Å². The number of carbonyl (C=O) groups excluding carboxylic acids is 1. The molecule has 5 nitrogen and oxygen atoms in total. The lowest BCUT2D eigenvalue weighted by molar-refractivity contribution is 0.1000. The molecule has 134 valence electrons. The molecule has 3 rings (SSSR count).